The van der Waals surface area contributed by atoms with Gasteiger partial charge in [-0.2, -0.15) is 0 Å². The molecule has 1 aromatic rings. The van der Waals surface area contributed by atoms with Crippen LogP contribution in [0.25, 0.3) is 0 Å². The first-order chi connectivity index (χ1) is 7.63. The molecule has 88 valence electrons. The van der Waals surface area contributed by atoms with Gasteiger partial charge in [0.05, 0.1) is 12.8 Å². The van der Waals surface area contributed by atoms with Crippen LogP contribution < -0.4 is 10.1 Å². The van der Waals surface area contributed by atoms with E-state index >= 15 is 0 Å². The number of nitrogens with one attached hydrogen (secondary N) is 1. The van der Waals surface area contributed by atoms with E-state index in [4.69, 9.17) is 4.74 Å². The molecule has 0 saturated heterocycles. The fourth-order valence-corrected chi connectivity index (χ4v) is 1.25. The standard InChI is InChI=1S/C9H11NO.C3H6O2/c1-7-2-3-9-8(6-7)10-4-5-11-9;1-3(4)5-2/h2-3,6,10H,4-5H2,1H3;1-2H3. The Morgan fingerprint density at radius 1 is 1.50 bits per heavy atom. The van der Waals surface area contributed by atoms with E-state index in [0.29, 0.717) is 0 Å². The molecule has 1 N–H and O–H groups in total. The Bertz CT molecular complexity index is 363. The van der Waals surface area contributed by atoms with E-state index in [1.54, 1.807) is 0 Å². The van der Waals surface area contributed by atoms with Gasteiger partial charge in [0.2, 0.25) is 0 Å². The van der Waals surface area contributed by atoms with Crippen molar-refractivity contribution in [3.8, 4) is 5.75 Å². The quantitative estimate of drug-likeness (QED) is 0.683. The Morgan fingerprint density at radius 3 is 2.81 bits per heavy atom. The molecular weight excluding hydrogens is 206 g/mol. The van der Waals surface area contributed by atoms with Crippen LogP contribution in [0.2, 0.25) is 0 Å². The lowest BCUT2D eigenvalue weighted by molar-refractivity contribution is -0.137. The summed E-state index contributed by atoms with van der Waals surface area (Å²) in [6, 6.07) is 6.18. The molecule has 1 heterocycles. The third-order valence-electron chi connectivity index (χ3n) is 2.10. The van der Waals surface area contributed by atoms with E-state index in [9.17, 15) is 4.79 Å². The molecule has 0 atom stereocenters. The zero-order valence-corrected chi connectivity index (χ0v) is 9.87. The Morgan fingerprint density at radius 2 is 2.19 bits per heavy atom. The van der Waals surface area contributed by atoms with Crippen molar-refractivity contribution in [2.75, 3.05) is 25.6 Å². The highest BCUT2D eigenvalue weighted by molar-refractivity contribution is 5.65. The monoisotopic (exact) mass is 223 g/mol. The van der Waals surface area contributed by atoms with Crippen molar-refractivity contribution in [3.05, 3.63) is 23.8 Å². The van der Waals surface area contributed by atoms with Gasteiger partial charge in [-0.15, -0.1) is 0 Å². The number of aryl methyl sites for hydroxylation is 1. The predicted molar refractivity (Wildman–Crippen MR) is 62.9 cm³/mol. The maximum atomic E-state index is 9.59. The molecule has 1 aromatic carbocycles. The number of carbonyl (C=O) groups is 1. The molecule has 0 radical (unpaired) electrons. The van der Waals surface area contributed by atoms with Crippen LogP contribution in [0.5, 0.6) is 5.75 Å². The molecule has 1 aliphatic rings. The first-order valence-electron chi connectivity index (χ1n) is 5.15. The highest BCUT2D eigenvalue weighted by Crippen LogP contribution is 2.27. The van der Waals surface area contributed by atoms with Crippen LogP contribution in [0.15, 0.2) is 18.2 Å². The molecule has 4 nitrogen and oxygen atoms in total. The van der Waals surface area contributed by atoms with Crippen molar-refractivity contribution < 1.29 is 14.3 Å². The smallest absolute Gasteiger partial charge is 0.302 e. The molecule has 0 saturated carbocycles. The number of hydrogen-bond acceptors (Lipinski definition) is 4. The second-order valence-corrected chi connectivity index (χ2v) is 3.47. The van der Waals surface area contributed by atoms with Crippen LogP contribution in [0.4, 0.5) is 5.69 Å². The minimum atomic E-state index is -0.245. The molecule has 0 amide bonds. The van der Waals surface area contributed by atoms with Crippen molar-refractivity contribution in [1.29, 1.82) is 0 Å². The molecule has 0 unspecified atom stereocenters. The van der Waals surface area contributed by atoms with Gasteiger partial charge < -0.3 is 14.8 Å². The summed E-state index contributed by atoms with van der Waals surface area (Å²) in [6.45, 7) is 5.13. The van der Waals surface area contributed by atoms with Crippen LogP contribution in [0.3, 0.4) is 0 Å². The number of rotatable bonds is 0. The molecule has 2 rings (SSSR count). The van der Waals surface area contributed by atoms with Crippen LogP contribution in [-0.4, -0.2) is 26.2 Å². The molecule has 0 fully saturated rings. The second-order valence-electron chi connectivity index (χ2n) is 3.47. The van der Waals surface area contributed by atoms with Gasteiger partial charge in [0.1, 0.15) is 12.4 Å². The van der Waals surface area contributed by atoms with Gasteiger partial charge in [-0.05, 0) is 24.6 Å². The number of fused-ring (bicyclic) bond motifs is 1. The number of methoxy groups -OCH3 is 1. The summed E-state index contributed by atoms with van der Waals surface area (Å²) < 4.78 is 9.53. The Hall–Kier alpha value is -1.71. The summed E-state index contributed by atoms with van der Waals surface area (Å²) in [7, 11) is 1.35. The van der Waals surface area contributed by atoms with Gasteiger partial charge in [-0.1, -0.05) is 6.07 Å². The number of ether oxygens (including phenoxy) is 2. The lowest BCUT2D eigenvalue weighted by Gasteiger charge is -2.18. The third-order valence-corrected chi connectivity index (χ3v) is 2.10. The Kier molecular flexibility index (Phi) is 4.64. The molecule has 0 spiro atoms. The first kappa shape index (κ1) is 12.4. The molecular formula is C12H17NO3. The van der Waals surface area contributed by atoms with Crippen molar-refractivity contribution in [2.45, 2.75) is 13.8 Å². The van der Waals surface area contributed by atoms with Crippen molar-refractivity contribution in [3.63, 3.8) is 0 Å². The number of esters is 1. The fraction of sp³-hybridized carbons (Fsp3) is 0.417. The van der Waals surface area contributed by atoms with Gasteiger partial charge in [0.25, 0.3) is 0 Å². The van der Waals surface area contributed by atoms with Gasteiger partial charge >= 0.3 is 5.97 Å². The lowest BCUT2D eigenvalue weighted by Crippen LogP contribution is -2.17. The SMILES string of the molecule is COC(C)=O.Cc1ccc2c(c1)NCCO2. The summed E-state index contributed by atoms with van der Waals surface area (Å²) in [5, 5.41) is 3.28. The van der Waals surface area contributed by atoms with Crippen molar-refractivity contribution >= 4 is 11.7 Å². The highest BCUT2D eigenvalue weighted by Gasteiger charge is 2.07. The average molecular weight is 223 g/mol. The summed E-state index contributed by atoms with van der Waals surface area (Å²) in [6.07, 6.45) is 0. The van der Waals surface area contributed by atoms with Gasteiger partial charge in [-0.25, -0.2) is 0 Å². The van der Waals surface area contributed by atoms with E-state index in [-0.39, 0.29) is 5.97 Å². The summed E-state index contributed by atoms with van der Waals surface area (Å²) in [5.74, 6) is 0.729. The highest BCUT2D eigenvalue weighted by atomic mass is 16.5. The normalized spacial score (nSPS) is 12.2. The molecule has 1 aliphatic heterocycles. The minimum Gasteiger partial charge on any atom is -0.490 e. The summed E-state index contributed by atoms with van der Waals surface area (Å²) in [5.41, 5.74) is 2.39. The minimum absolute atomic E-state index is 0.245. The van der Waals surface area contributed by atoms with Crippen LogP contribution >= 0.6 is 0 Å². The molecule has 16 heavy (non-hydrogen) atoms. The van der Waals surface area contributed by atoms with Gasteiger partial charge in [0.15, 0.2) is 0 Å². The predicted octanol–water partition coefficient (Wildman–Crippen LogP) is 1.98. The molecule has 0 aromatic heterocycles. The summed E-state index contributed by atoms with van der Waals surface area (Å²) in [4.78, 5) is 9.59. The van der Waals surface area contributed by atoms with E-state index in [2.05, 4.69) is 29.1 Å². The summed E-state index contributed by atoms with van der Waals surface area (Å²) >= 11 is 0. The van der Waals surface area contributed by atoms with E-state index in [0.717, 1.165) is 24.6 Å². The zero-order chi connectivity index (χ0) is 12.0. The molecule has 4 heteroatoms. The maximum absolute atomic E-state index is 9.59. The average Bonchev–Trinajstić information content (AvgIpc) is 2.29. The van der Waals surface area contributed by atoms with E-state index in [1.165, 1.54) is 19.6 Å². The first-order valence-corrected chi connectivity index (χ1v) is 5.15. The maximum Gasteiger partial charge on any atom is 0.302 e. The van der Waals surface area contributed by atoms with Crippen molar-refractivity contribution in [1.82, 2.24) is 0 Å². The van der Waals surface area contributed by atoms with Gasteiger partial charge in [0, 0.05) is 13.5 Å². The Balaban J connectivity index is 0.000000221. The van der Waals surface area contributed by atoms with E-state index < -0.39 is 0 Å². The van der Waals surface area contributed by atoms with Crippen LogP contribution in [0.1, 0.15) is 12.5 Å². The van der Waals surface area contributed by atoms with E-state index in [1.807, 2.05) is 6.07 Å². The number of carbonyl (C=O) groups excluding carboxylic acids is 1. The second kappa shape index (κ2) is 6.00. The number of anilines is 1. The fourth-order valence-electron chi connectivity index (χ4n) is 1.25. The van der Waals surface area contributed by atoms with Crippen LogP contribution in [0, 0.1) is 6.92 Å². The zero-order valence-electron chi connectivity index (χ0n) is 9.87. The van der Waals surface area contributed by atoms with Gasteiger partial charge in [-0.3, -0.25) is 4.79 Å². The largest absolute Gasteiger partial charge is 0.490 e. The molecule has 0 aliphatic carbocycles. The topological polar surface area (TPSA) is 47.6 Å². The third kappa shape index (κ3) is 3.81. The van der Waals surface area contributed by atoms with Crippen molar-refractivity contribution in [2.24, 2.45) is 0 Å². The lowest BCUT2D eigenvalue weighted by atomic mass is 10.2. The molecule has 0 bridgehead atoms. The Labute approximate surface area is 95.6 Å². The van der Waals surface area contributed by atoms with Crippen LogP contribution in [-0.2, 0) is 9.53 Å². The number of hydrogen-bond donors (Lipinski definition) is 1. The number of benzene rings is 1.